The Labute approximate surface area is 166 Å². The number of hydrogen-bond acceptors (Lipinski definition) is 6. The van der Waals surface area contributed by atoms with E-state index in [1.165, 1.54) is 25.3 Å². The molecule has 6 nitrogen and oxygen atoms in total. The summed E-state index contributed by atoms with van der Waals surface area (Å²) in [7, 11) is 0. The van der Waals surface area contributed by atoms with Gasteiger partial charge in [-0.1, -0.05) is 19.1 Å². The summed E-state index contributed by atoms with van der Waals surface area (Å²) in [6.45, 7) is 6.21. The van der Waals surface area contributed by atoms with Crippen LogP contribution in [0, 0.1) is 5.82 Å². The van der Waals surface area contributed by atoms with Gasteiger partial charge < -0.3 is 20.4 Å². The molecular weight excluding hydrogens is 355 g/mol. The maximum absolute atomic E-state index is 14.1. The number of halogens is 1. The molecule has 4 rings (SSSR count). The highest BCUT2D eigenvalue weighted by Crippen LogP contribution is 2.34. The average Bonchev–Trinajstić information content (AvgIpc) is 2.74. The van der Waals surface area contributed by atoms with E-state index in [-0.39, 0.29) is 5.82 Å². The normalized spacial score (nSPS) is 20.5. The Hall–Kier alpha value is -2.57. The number of nitrogen functional groups attached to an aromatic ring is 1. The van der Waals surface area contributed by atoms with Gasteiger partial charge in [-0.05, 0) is 37.8 Å². The summed E-state index contributed by atoms with van der Waals surface area (Å²) in [6, 6.07) is 7.45. The zero-order valence-electron chi connectivity index (χ0n) is 16.5. The van der Waals surface area contributed by atoms with Crippen LogP contribution < -0.4 is 20.4 Å². The highest BCUT2D eigenvalue weighted by atomic mass is 19.1. The van der Waals surface area contributed by atoms with Gasteiger partial charge in [0, 0.05) is 38.8 Å². The first-order chi connectivity index (χ1) is 13.7. The second-order valence-corrected chi connectivity index (χ2v) is 7.61. The summed E-state index contributed by atoms with van der Waals surface area (Å²) >= 11 is 0. The number of benzene rings is 1. The third kappa shape index (κ3) is 3.57. The van der Waals surface area contributed by atoms with Crippen LogP contribution >= 0.6 is 0 Å². The molecule has 1 unspecified atom stereocenters. The fourth-order valence-electron chi connectivity index (χ4n) is 4.43. The number of anilines is 4. The van der Waals surface area contributed by atoms with E-state index < -0.39 is 0 Å². The van der Waals surface area contributed by atoms with Crippen LogP contribution in [0.25, 0.3) is 0 Å². The maximum Gasteiger partial charge on any atom is 0.157 e. The number of hydrogen-bond donors (Lipinski definition) is 1. The molecule has 1 aromatic carbocycles. The van der Waals surface area contributed by atoms with Gasteiger partial charge in [-0.25, -0.2) is 14.4 Å². The first-order valence-corrected chi connectivity index (χ1v) is 10.3. The van der Waals surface area contributed by atoms with Gasteiger partial charge in [0.1, 0.15) is 17.8 Å². The molecule has 0 bridgehead atoms. The molecule has 150 valence electrons. The molecule has 2 fully saturated rings. The molecule has 0 radical (unpaired) electrons. The van der Waals surface area contributed by atoms with Gasteiger partial charge >= 0.3 is 0 Å². The van der Waals surface area contributed by atoms with Crippen LogP contribution in [0.15, 0.2) is 30.6 Å². The Balaban J connectivity index is 1.51. The van der Waals surface area contributed by atoms with Crippen molar-refractivity contribution in [2.75, 3.05) is 53.2 Å². The Morgan fingerprint density at radius 3 is 2.46 bits per heavy atom. The number of nitrogens with two attached hydrogens (primary N) is 1. The lowest BCUT2D eigenvalue weighted by Crippen LogP contribution is -2.47. The molecule has 0 amide bonds. The van der Waals surface area contributed by atoms with Crippen LogP contribution in [0.4, 0.5) is 27.4 Å². The maximum atomic E-state index is 14.1. The van der Waals surface area contributed by atoms with E-state index in [2.05, 4.69) is 31.6 Å². The monoisotopic (exact) mass is 384 g/mol. The molecule has 1 aromatic heterocycles. The SMILES string of the molecule is CCC1CCCCN1c1ncnc(N2CCN(c3ccccc3F)CC2)c1N. The first-order valence-electron chi connectivity index (χ1n) is 10.3. The number of piperidine rings is 1. The molecule has 2 aliphatic rings. The molecule has 3 heterocycles. The third-order valence-corrected chi connectivity index (χ3v) is 5.98. The lowest BCUT2D eigenvalue weighted by atomic mass is 10.00. The molecule has 2 aromatic rings. The molecule has 0 spiro atoms. The highest BCUT2D eigenvalue weighted by Gasteiger charge is 2.27. The summed E-state index contributed by atoms with van der Waals surface area (Å²) in [5.74, 6) is 1.50. The van der Waals surface area contributed by atoms with Crippen molar-refractivity contribution in [2.45, 2.75) is 38.6 Å². The predicted octanol–water partition coefficient (Wildman–Crippen LogP) is 3.29. The van der Waals surface area contributed by atoms with Crippen molar-refractivity contribution in [3.05, 3.63) is 36.4 Å². The van der Waals surface area contributed by atoms with Crippen LogP contribution in [0.5, 0.6) is 0 Å². The molecule has 2 aliphatic heterocycles. The topological polar surface area (TPSA) is 61.5 Å². The fraction of sp³-hybridized carbons (Fsp3) is 0.524. The Morgan fingerprint density at radius 2 is 1.71 bits per heavy atom. The second kappa shape index (κ2) is 8.20. The first kappa shape index (κ1) is 18.8. The molecule has 0 aliphatic carbocycles. The lowest BCUT2D eigenvalue weighted by Gasteiger charge is -2.39. The van der Waals surface area contributed by atoms with E-state index in [1.54, 1.807) is 12.4 Å². The molecule has 28 heavy (non-hydrogen) atoms. The van der Waals surface area contributed by atoms with Gasteiger partial charge in [0.15, 0.2) is 11.6 Å². The summed E-state index contributed by atoms with van der Waals surface area (Å²) in [5.41, 5.74) is 7.88. The molecule has 0 saturated carbocycles. The average molecular weight is 385 g/mol. The Morgan fingerprint density at radius 1 is 1.00 bits per heavy atom. The van der Waals surface area contributed by atoms with Crippen molar-refractivity contribution in [3.8, 4) is 0 Å². The smallest absolute Gasteiger partial charge is 0.157 e. The van der Waals surface area contributed by atoms with Crippen molar-refractivity contribution >= 4 is 23.0 Å². The van der Waals surface area contributed by atoms with Crippen LogP contribution in [-0.4, -0.2) is 48.7 Å². The number of nitrogens with zero attached hydrogens (tertiary/aromatic N) is 5. The van der Waals surface area contributed by atoms with Gasteiger partial charge in [0.2, 0.25) is 0 Å². The van der Waals surface area contributed by atoms with Crippen molar-refractivity contribution in [1.29, 1.82) is 0 Å². The van der Waals surface area contributed by atoms with Crippen LogP contribution in [0.2, 0.25) is 0 Å². The standard InChI is InChI=1S/C21H29FN6/c1-2-16-7-5-6-10-28(16)21-19(23)20(24-15-25-21)27-13-11-26(12-14-27)18-9-4-3-8-17(18)22/h3-4,8-9,15-16H,2,5-7,10-14,23H2,1H3. The van der Waals surface area contributed by atoms with Crippen molar-refractivity contribution in [1.82, 2.24) is 9.97 Å². The Bertz CT molecular complexity index is 805. The van der Waals surface area contributed by atoms with Crippen molar-refractivity contribution in [2.24, 2.45) is 0 Å². The van der Waals surface area contributed by atoms with Gasteiger partial charge in [-0.2, -0.15) is 0 Å². The molecular formula is C21H29FN6. The van der Waals surface area contributed by atoms with Crippen molar-refractivity contribution in [3.63, 3.8) is 0 Å². The van der Waals surface area contributed by atoms with E-state index in [1.807, 2.05) is 12.1 Å². The number of aromatic nitrogens is 2. The fourth-order valence-corrected chi connectivity index (χ4v) is 4.43. The van der Waals surface area contributed by atoms with Gasteiger partial charge in [0.25, 0.3) is 0 Å². The zero-order chi connectivity index (χ0) is 19.5. The lowest BCUT2D eigenvalue weighted by molar-refractivity contribution is 0.447. The number of rotatable bonds is 4. The van der Waals surface area contributed by atoms with Gasteiger partial charge in [-0.15, -0.1) is 0 Å². The quantitative estimate of drug-likeness (QED) is 0.873. The second-order valence-electron chi connectivity index (χ2n) is 7.61. The minimum absolute atomic E-state index is 0.171. The third-order valence-electron chi connectivity index (χ3n) is 5.98. The Kier molecular flexibility index (Phi) is 5.50. The summed E-state index contributed by atoms with van der Waals surface area (Å²) in [5, 5.41) is 0. The zero-order valence-corrected chi connectivity index (χ0v) is 16.5. The summed E-state index contributed by atoms with van der Waals surface area (Å²) in [6.07, 6.45) is 6.36. The molecule has 2 saturated heterocycles. The van der Waals surface area contributed by atoms with Gasteiger partial charge in [0.05, 0.1) is 5.69 Å². The largest absolute Gasteiger partial charge is 0.393 e. The minimum atomic E-state index is -0.171. The van der Waals surface area contributed by atoms with E-state index in [0.29, 0.717) is 17.4 Å². The van der Waals surface area contributed by atoms with E-state index >= 15 is 0 Å². The highest BCUT2D eigenvalue weighted by molar-refractivity contribution is 5.76. The molecule has 1 atom stereocenters. The number of piperazine rings is 1. The molecule has 2 N–H and O–H groups in total. The van der Waals surface area contributed by atoms with E-state index in [9.17, 15) is 4.39 Å². The van der Waals surface area contributed by atoms with E-state index in [0.717, 1.165) is 50.8 Å². The van der Waals surface area contributed by atoms with E-state index in [4.69, 9.17) is 5.73 Å². The summed E-state index contributed by atoms with van der Waals surface area (Å²) < 4.78 is 14.1. The van der Waals surface area contributed by atoms with Gasteiger partial charge in [-0.3, -0.25) is 0 Å². The predicted molar refractivity (Wildman–Crippen MR) is 113 cm³/mol. The molecule has 7 heteroatoms. The van der Waals surface area contributed by atoms with Crippen molar-refractivity contribution < 1.29 is 4.39 Å². The van der Waals surface area contributed by atoms with Crippen LogP contribution in [0.3, 0.4) is 0 Å². The van der Waals surface area contributed by atoms with Crippen LogP contribution in [0.1, 0.15) is 32.6 Å². The minimum Gasteiger partial charge on any atom is -0.393 e. The summed E-state index contributed by atoms with van der Waals surface area (Å²) in [4.78, 5) is 15.7. The van der Waals surface area contributed by atoms with Crippen LogP contribution in [-0.2, 0) is 0 Å². The number of para-hydroxylation sites is 1.